The van der Waals surface area contributed by atoms with Crippen molar-refractivity contribution >= 4 is 0 Å². The van der Waals surface area contributed by atoms with Gasteiger partial charge in [-0.15, -0.1) is 0 Å². The molecule has 0 radical (unpaired) electrons. The molecule has 94 valence electrons. The van der Waals surface area contributed by atoms with Crippen LogP contribution in [0.2, 0.25) is 0 Å². The minimum atomic E-state index is -0.887. The van der Waals surface area contributed by atoms with Crippen molar-refractivity contribution in [1.29, 1.82) is 0 Å². The Morgan fingerprint density at radius 3 is 2.44 bits per heavy atom. The van der Waals surface area contributed by atoms with Crippen LogP contribution in [0.25, 0.3) is 0 Å². The van der Waals surface area contributed by atoms with Gasteiger partial charge in [-0.3, -0.25) is 4.98 Å². The number of halogens is 2. The lowest BCUT2D eigenvalue weighted by Crippen LogP contribution is -2.18. The second-order valence-corrected chi connectivity index (χ2v) is 4.01. The number of aromatic nitrogens is 1. The third-order valence-electron chi connectivity index (χ3n) is 2.91. The fourth-order valence-corrected chi connectivity index (χ4v) is 1.97. The van der Waals surface area contributed by atoms with Gasteiger partial charge in [0.2, 0.25) is 0 Å². The van der Waals surface area contributed by atoms with E-state index in [2.05, 4.69) is 4.98 Å². The predicted octanol–water partition coefficient (Wildman–Crippen LogP) is 2.97. The molecule has 1 aromatic heterocycles. The minimum Gasteiger partial charge on any atom is -0.319 e. The molecular formula is C14H14F2N2. The molecule has 2 aromatic rings. The van der Waals surface area contributed by atoms with Crippen LogP contribution in [0.5, 0.6) is 0 Å². The number of hydrogen-bond acceptors (Lipinski definition) is 2. The lowest BCUT2D eigenvalue weighted by Gasteiger charge is -2.16. The smallest absolute Gasteiger partial charge is 0.131 e. The van der Waals surface area contributed by atoms with E-state index in [4.69, 9.17) is 5.73 Å². The number of rotatable bonds is 3. The maximum Gasteiger partial charge on any atom is 0.131 e. The van der Waals surface area contributed by atoms with E-state index in [1.807, 2.05) is 13.0 Å². The number of nitrogens with zero attached hydrogens (tertiary/aromatic N) is 1. The zero-order valence-corrected chi connectivity index (χ0v) is 10.0. The average Bonchev–Trinajstić information content (AvgIpc) is 2.38. The summed E-state index contributed by atoms with van der Waals surface area (Å²) < 4.78 is 27.3. The first-order valence-corrected chi connectivity index (χ1v) is 5.78. The Morgan fingerprint density at radius 2 is 1.83 bits per heavy atom. The summed E-state index contributed by atoms with van der Waals surface area (Å²) in [5.41, 5.74) is 7.23. The summed E-state index contributed by atoms with van der Waals surface area (Å²) in [7, 11) is 0. The first kappa shape index (κ1) is 12.6. The van der Waals surface area contributed by atoms with Crippen LogP contribution < -0.4 is 5.73 Å². The summed E-state index contributed by atoms with van der Waals surface area (Å²) >= 11 is 0. The predicted molar refractivity (Wildman–Crippen MR) is 66.0 cm³/mol. The van der Waals surface area contributed by atoms with Crippen molar-refractivity contribution in [2.75, 3.05) is 0 Å². The molecule has 2 nitrogen and oxygen atoms in total. The van der Waals surface area contributed by atoms with Crippen LogP contribution in [0.1, 0.15) is 29.8 Å². The highest BCUT2D eigenvalue weighted by atomic mass is 19.1. The Hall–Kier alpha value is -1.81. The standard InChI is InChI=1S/C14H14F2N2/c1-2-9-5-4-8-18-14(9)13(17)12-10(15)6-3-7-11(12)16/h3-8,13H,2,17H2,1H3. The van der Waals surface area contributed by atoms with Crippen molar-refractivity contribution in [3.05, 3.63) is 65.0 Å². The highest BCUT2D eigenvalue weighted by molar-refractivity contribution is 5.34. The fraction of sp³-hybridized carbons (Fsp3) is 0.214. The second kappa shape index (κ2) is 5.23. The Balaban J connectivity index is 2.51. The number of hydrogen-bond donors (Lipinski definition) is 1. The van der Waals surface area contributed by atoms with E-state index in [-0.39, 0.29) is 5.56 Å². The molecule has 0 amide bonds. The Kier molecular flexibility index (Phi) is 3.67. The highest BCUT2D eigenvalue weighted by Crippen LogP contribution is 2.25. The molecule has 0 aliphatic rings. The van der Waals surface area contributed by atoms with Crippen LogP contribution >= 0.6 is 0 Å². The van der Waals surface area contributed by atoms with Gasteiger partial charge in [-0.2, -0.15) is 0 Å². The largest absolute Gasteiger partial charge is 0.319 e. The van der Waals surface area contributed by atoms with Crippen LogP contribution in [0.4, 0.5) is 8.78 Å². The van der Waals surface area contributed by atoms with Gasteiger partial charge in [-0.05, 0) is 30.2 Å². The second-order valence-electron chi connectivity index (χ2n) is 4.01. The van der Waals surface area contributed by atoms with E-state index in [0.29, 0.717) is 12.1 Å². The summed E-state index contributed by atoms with van der Waals surface area (Å²) in [5, 5.41) is 0. The molecule has 0 saturated carbocycles. The number of pyridine rings is 1. The van der Waals surface area contributed by atoms with Gasteiger partial charge in [0.25, 0.3) is 0 Å². The zero-order chi connectivity index (χ0) is 13.1. The summed E-state index contributed by atoms with van der Waals surface area (Å²) in [6.07, 6.45) is 2.29. The summed E-state index contributed by atoms with van der Waals surface area (Å²) in [6, 6.07) is 6.48. The number of nitrogens with two attached hydrogens (primary N) is 1. The van der Waals surface area contributed by atoms with Crippen molar-refractivity contribution in [3.8, 4) is 0 Å². The van der Waals surface area contributed by atoms with Crippen molar-refractivity contribution in [1.82, 2.24) is 4.98 Å². The molecule has 0 aliphatic heterocycles. The molecule has 18 heavy (non-hydrogen) atoms. The number of aryl methyl sites for hydroxylation is 1. The van der Waals surface area contributed by atoms with Gasteiger partial charge in [-0.25, -0.2) is 8.78 Å². The Labute approximate surface area is 104 Å². The molecule has 0 saturated heterocycles. The van der Waals surface area contributed by atoms with E-state index >= 15 is 0 Å². The molecule has 1 heterocycles. The summed E-state index contributed by atoms with van der Waals surface area (Å²) in [5.74, 6) is -1.29. The van der Waals surface area contributed by atoms with Crippen LogP contribution in [0.15, 0.2) is 36.5 Å². The van der Waals surface area contributed by atoms with E-state index in [9.17, 15) is 8.78 Å². The van der Waals surface area contributed by atoms with Gasteiger partial charge in [0.05, 0.1) is 11.7 Å². The lowest BCUT2D eigenvalue weighted by molar-refractivity contribution is 0.540. The fourth-order valence-electron chi connectivity index (χ4n) is 1.97. The molecule has 1 atom stereocenters. The normalized spacial score (nSPS) is 12.4. The molecular weight excluding hydrogens is 234 g/mol. The van der Waals surface area contributed by atoms with E-state index in [1.54, 1.807) is 12.3 Å². The molecule has 0 bridgehead atoms. The Morgan fingerprint density at radius 1 is 1.17 bits per heavy atom. The molecule has 1 aromatic carbocycles. The average molecular weight is 248 g/mol. The third-order valence-corrected chi connectivity index (χ3v) is 2.91. The van der Waals surface area contributed by atoms with Gasteiger partial charge in [-0.1, -0.05) is 19.1 Å². The van der Waals surface area contributed by atoms with E-state index in [0.717, 1.165) is 5.56 Å². The van der Waals surface area contributed by atoms with Crippen molar-refractivity contribution in [2.45, 2.75) is 19.4 Å². The minimum absolute atomic E-state index is 0.133. The van der Waals surface area contributed by atoms with Crippen LogP contribution in [0, 0.1) is 11.6 Å². The third kappa shape index (κ3) is 2.24. The van der Waals surface area contributed by atoms with E-state index < -0.39 is 17.7 Å². The van der Waals surface area contributed by atoms with Crippen LogP contribution in [-0.4, -0.2) is 4.98 Å². The maximum atomic E-state index is 13.7. The lowest BCUT2D eigenvalue weighted by atomic mass is 9.98. The van der Waals surface area contributed by atoms with Crippen molar-refractivity contribution < 1.29 is 8.78 Å². The van der Waals surface area contributed by atoms with Gasteiger partial charge >= 0.3 is 0 Å². The molecule has 0 spiro atoms. The van der Waals surface area contributed by atoms with Crippen LogP contribution in [0.3, 0.4) is 0 Å². The van der Waals surface area contributed by atoms with Crippen molar-refractivity contribution in [2.24, 2.45) is 5.73 Å². The molecule has 0 aliphatic carbocycles. The Bertz CT molecular complexity index is 535. The summed E-state index contributed by atoms with van der Waals surface area (Å²) in [6.45, 7) is 1.95. The summed E-state index contributed by atoms with van der Waals surface area (Å²) in [4.78, 5) is 4.15. The molecule has 4 heteroatoms. The zero-order valence-electron chi connectivity index (χ0n) is 10.0. The first-order valence-electron chi connectivity index (χ1n) is 5.78. The van der Waals surface area contributed by atoms with Crippen molar-refractivity contribution in [3.63, 3.8) is 0 Å². The van der Waals surface area contributed by atoms with E-state index in [1.165, 1.54) is 18.2 Å². The maximum absolute atomic E-state index is 13.7. The number of benzene rings is 1. The molecule has 2 rings (SSSR count). The first-order chi connectivity index (χ1) is 8.65. The highest BCUT2D eigenvalue weighted by Gasteiger charge is 2.20. The van der Waals surface area contributed by atoms with Gasteiger partial charge in [0.15, 0.2) is 0 Å². The van der Waals surface area contributed by atoms with Gasteiger partial charge < -0.3 is 5.73 Å². The molecule has 2 N–H and O–H groups in total. The van der Waals surface area contributed by atoms with Crippen LogP contribution in [-0.2, 0) is 6.42 Å². The van der Waals surface area contributed by atoms with Gasteiger partial charge in [0.1, 0.15) is 11.6 Å². The van der Waals surface area contributed by atoms with Gasteiger partial charge in [0, 0.05) is 11.8 Å². The molecule has 0 fully saturated rings. The molecule has 1 unspecified atom stereocenters. The SMILES string of the molecule is CCc1cccnc1C(N)c1c(F)cccc1F. The topological polar surface area (TPSA) is 38.9 Å². The quantitative estimate of drug-likeness (QED) is 0.907. The monoisotopic (exact) mass is 248 g/mol.